The highest BCUT2D eigenvalue weighted by Gasteiger charge is 2.36. The van der Waals surface area contributed by atoms with Crippen LogP contribution in [0.15, 0.2) is 0 Å². The first-order valence-corrected chi connectivity index (χ1v) is 5.63. The van der Waals surface area contributed by atoms with Crippen LogP contribution in [0.5, 0.6) is 0 Å². The van der Waals surface area contributed by atoms with Crippen molar-refractivity contribution in [3.05, 3.63) is 0 Å². The molecule has 0 saturated carbocycles. The van der Waals surface area contributed by atoms with Crippen LogP contribution in [0.1, 0.15) is 33.6 Å². The molecular weight excluding hydrogens is 187 g/mol. The van der Waals surface area contributed by atoms with E-state index >= 15 is 0 Å². The van der Waals surface area contributed by atoms with Gasteiger partial charge in [0.1, 0.15) is 0 Å². The second kappa shape index (κ2) is 6.09. The van der Waals surface area contributed by atoms with Gasteiger partial charge in [-0.1, -0.05) is 13.8 Å². The van der Waals surface area contributed by atoms with Gasteiger partial charge in [-0.2, -0.15) is 0 Å². The van der Waals surface area contributed by atoms with Gasteiger partial charge in [-0.3, -0.25) is 9.36 Å². The van der Waals surface area contributed by atoms with Crippen molar-refractivity contribution in [2.24, 2.45) is 5.41 Å². The van der Waals surface area contributed by atoms with Crippen LogP contribution in [0.25, 0.3) is 0 Å². The van der Waals surface area contributed by atoms with E-state index in [4.69, 9.17) is 4.74 Å². The molecule has 0 rings (SSSR count). The van der Waals surface area contributed by atoms with Gasteiger partial charge in [0.15, 0.2) is 8.46 Å². The number of hydrogen-bond acceptors (Lipinski definition) is 3. The summed E-state index contributed by atoms with van der Waals surface area (Å²) in [4.78, 5) is 11.6. The van der Waals surface area contributed by atoms with Gasteiger partial charge in [0.2, 0.25) is 0 Å². The van der Waals surface area contributed by atoms with Crippen molar-refractivity contribution in [2.45, 2.75) is 33.6 Å². The molecule has 0 spiro atoms. The summed E-state index contributed by atoms with van der Waals surface area (Å²) in [5.41, 5.74) is -0.542. The van der Waals surface area contributed by atoms with Crippen LogP contribution >= 0.6 is 8.46 Å². The number of esters is 1. The van der Waals surface area contributed by atoms with Gasteiger partial charge in [0.05, 0.1) is 12.0 Å². The second-order valence-corrected chi connectivity index (χ2v) is 3.57. The molecule has 0 bridgehead atoms. The maximum Gasteiger partial charge on any atom is 0.312 e. The van der Waals surface area contributed by atoms with Crippen LogP contribution in [-0.2, 0) is 14.1 Å². The molecule has 0 fully saturated rings. The fourth-order valence-electron chi connectivity index (χ4n) is 1.23. The molecule has 0 radical (unpaired) electrons. The number of rotatable bonds is 6. The van der Waals surface area contributed by atoms with Crippen LogP contribution in [0, 0.1) is 5.41 Å². The minimum atomic E-state index is -0.542. The molecule has 4 heteroatoms. The van der Waals surface area contributed by atoms with Crippen LogP contribution < -0.4 is 0 Å². The molecule has 0 heterocycles. The predicted octanol–water partition coefficient (Wildman–Crippen LogP) is 2.65. The Morgan fingerprint density at radius 3 is 2.15 bits per heavy atom. The maximum atomic E-state index is 11.6. The molecule has 0 aliphatic heterocycles. The molecule has 0 aliphatic carbocycles. The second-order valence-electron chi connectivity index (χ2n) is 3.00. The van der Waals surface area contributed by atoms with Crippen LogP contribution in [0.2, 0.25) is 0 Å². The minimum absolute atomic E-state index is 0.0151. The average Bonchev–Trinajstić information content (AvgIpc) is 2.14. The Kier molecular flexibility index (Phi) is 5.89. The Hall–Kier alpha value is -0.430. The normalized spacial score (nSPS) is 11.6. The van der Waals surface area contributed by atoms with Crippen LogP contribution in [0.3, 0.4) is 0 Å². The summed E-state index contributed by atoms with van der Waals surface area (Å²) >= 11 is 0. The third kappa shape index (κ3) is 3.07. The van der Waals surface area contributed by atoms with Gasteiger partial charge in [-0.15, -0.1) is 0 Å². The maximum absolute atomic E-state index is 11.6. The van der Waals surface area contributed by atoms with Crippen molar-refractivity contribution in [1.29, 1.82) is 0 Å². The SMILES string of the molecule is CCOC(=O)C(CC)(CC)CP=O. The topological polar surface area (TPSA) is 43.4 Å². The van der Waals surface area contributed by atoms with E-state index in [-0.39, 0.29) is 14.4 Å². The Bertz CT molecular complexity index is 176. The zero-order valence-electron chi connectivity index (χ0n) is 8.50. The van der Waals surface area contributed by atoms with Gasteiger partial charge in [-0.25, -0.2) is 0 Å². The Morgan fingerprint density at radius 1 is 1.31 bits per heavy atom. The van der Waals surface area contributed by atoms with Gasteiger partial charge in [0.25, 0.3) is 0 Å². The lowest BCUT2D eigenvalue weighted by molar-refractivity contribution is -0.154. The molecule has 0 aliphatic rings. The summed E-state index contributed by atoms with van der Waals surface area (Å²) in [5, 5.41) is 0. The number of ether oxygens (including phenoxy) is 1. The van der Waals surface area contributed by atoms with Crippen LogP contribution in [0.4, 0.5) is 0 Å². The molecule has 0 saturated heterocycles. The Balaban J connectivity index is 4.52. The summed E-state index contributed by atoms with van der Waals surface area (Å²) in [6.45, 7) is 6.01. The van der Waals surface area contributed by atoms with E-state index in [9.17, 15) is 9.36 Å². The lowest BCUT2D eigenvalue weighted by Gasteiger charge is -2.26. The molecule has 0 N–H and O–H groups in total. The van der Waals surface area contributed by atoms with Crippen molar-refractivity contribution in [2.75, 3.05) is 12.8 Å². The summed E-state index contributed by atoms with van der Waals surface area (Å²) in [6.07, 6.45) is 1.72. The number of carbonyl (C=O) groups excluding carboxylic acids is 1. The highest BCUT2D eigenvalue weighted by Crippen LogP contribution is 2.31. The van der Waals surface area contributed by atoms with Gasteiger partial charge < -0.3 is 4.74 Å². The van der Waals surface area contributed by atoms with Crippen molar-refractivity contribution in [3.63, 3.8) is 0 Å². The van der Waals surface area contributed by atoms with Crippen molar-refractivity contribution in [3.8, 4) is 0 Å². The Morgan fingerprint density at radius 2 is 1.85 bits per heavy atom. The minimum Gasteiger partial charge on any atom is -0.466 e. The van der Waals surface area contributed by atoms with E-state index in [0.717, 1.165) is 0 Å². The summed E-state index contributed by atoms with van der Waals surface area (Å²) < 4.78 is 15.5. The van der Waals surface area contributed by atoms with Crippen molar-refractivity contribution < 1.29 is 14.1 Å². The Labute approximate surface area is 81.1 Å². The molecule has 13 heavy (non-hydrogen) atoms. The van der Waals surface area contributed by atoms with Gasteiger partial charge >= 0.3 is 5.97 Å². The summed E-state index contributed by atoms with van der Waals surface area (Å²) in [5.74, 6) is -0.219. The van der Waals surface area contributed by atoms with Crippen LogP contribution in [-0.4, -0.2) is 18.7 Å². The predicted molar refractivity (Wildman–Crippen MR) is 52.1 cm³/mol. The third-order valence-corrected chi connectivity index (χ3v) is 3.16. The molecule has 3 nitrogen and oxygen atoms in total. The van der Waals surface area contributed by atoms with Gasteiger partial charge in [0, 0.05) is 6.16 Å². The molecule has 0 atom stereocenters. The largest absolute Gasteiger partial charge is 0.466 e. The smallest absolute Gasteiger partial charge is 0.312 e. The standard InChI is InChI=1S/C9H17O3P/c1-4-9(5-2,7-13-11)8(10)12-6-3/h4-7H2,1-3H3. The molecule has 0 aromatic heterocycles. The van der Waals surface area contributed by atoms with E-state index in [1.54, 1.807) is 6.92 Å². The average molecular weight is 204 g/mol. The first-order chi connectivity index (χ1) is 6.16. The molecule has 0 unspecified atom stereocenters. The highest BCUT2D eigenvalue weighted by atomic mass is 31.1. The number of carbonyl (C=O) groups is 1. The van der Waals surface area contributed by atoms with Crippen molar-refractivity contribution in [1.82, 2.24) is 0 Å². The lowest BCUT2D eigenvalue weighted by atomic mass is 9.84. The number of hydrogen-bond donors (Lipinski definition) is 0. The highest BCUT2D eigenvalue weighted by molar-refractivity contribution is 7.23. The monoisotopic (exact) mass is 204 g/mol. The third-order valence-electron chi connectivity index (χ3n) is 2.43. The first kappa shape index (κ1) is 12.6. The molecule has 76 valence electrons. The lowest BCUT2D eigenvalue weighted by Crippen LogP contribution is -2.33. The molecule has 0 aromatic rings. The summed E-state index contributed by atoms with van der Waals surface area (Å²) in [7, 11) is 0.0151. The quantitative estimate of drug-likeness (QED) is 0.493. The van der Waals surface area contributed by atoms with Gasteiger partial charge in [-0.05, 0) is 19.8 Å². The van der Waals surface area contributed by atoms with E-state index < -0.39 is 5.41 Å². The van der Waals surface area contributed by atoms with E-state index in [1.165, 1.54) is 0 Å². The van der Waals surface area contributed by atoms with E-state index in [0.29, 0.717) is 25.6 Å². The first-order valence-electron chi connectivity index (χ1n) is 4.63. The molecular formula is C9H17O3P. The fraction of sp³-hybridized carbons (Fsp3) is 0.889. The zero-order valence-corrected chi connectivity index (χ0v) is 9.39. The molecule has 0 aromatic carbocycles. The summed E-state index contributed by atoms with van der Waals surface area (Å²) in [6, 6.07) is 0. The fourth-order valence-corrected chi connectivity index (χ4v) is 2.06. The van der Waals surface area contributed by atoms with Crippen molar-refractivity contribution >= 4 is 14.4 Å². The molecule has 0 amide bonds. The zero-order chi connectivity index (χ0) is 10.3. The van der Waals surface area contributed by atoms with E-state index in [1.807, 2.05) is 13.8 Å². The van der Waals surface area contributed by atoms with E-state index in [2.05, 4.69) is 0 Å².